The van der Waals surface area contributed by atoms with Crippen LogP contribution in [0.1, 0.15) is 6.23 Å². The molecule has 1 saturated heterocycles. The number of aromatic amines is 1. The molecule has 0 radical (unpaired) electrons. The van der Waals surface area contributed by atoms with Gasteiger partial charge < -0.3 is 25.8 Å². The molecule has 0 unspecified atom stereocenters. The molecule has 2 aromatic rings. The van der Waals surface area contributed by atoms with Gasteiger partial charge in [0.15, 0.2) is 17.4 Å². The van der Waals surface area contributed by atoms with E-state index in [-0.39, 0.29) is 22.9 Å². The van der Waals surface area contributed by atoms with Gasteiger partial charge in [0, 0.05) is 5.75 Å². The molecule has 0 amide bonds. The van der Waals surface area contributed by atoms with Gasteiger partial charge in [-0.2, -0.15) is 16.7 Å². The molecule has 1 fully saturated rings. The smallest absolute Gasteiger partial charge is 0.280 e. The predicted molar refractivity (Wildman–Crippen MR) is 82.9 cm³/mol. The number of hydrogen-bond donors (Lipinski definition) is 5. The molecule has 23 heavy (non-hydrogen) atoms. The number of nitrogens with zero attached hydrogens (tertiary/aromatic N) is 3. The summed E-state index contributed by atoms with van der Waals surface area (Å²) < 4.78 is 6.93. The van der Waals surface area contributed by atoms with Gasteiger partial charge in [-0.05, 0) is 6.26 Å². The summed E-state index contributed by atoms with van der Waals surface area (Å²) in [5, 5.41) is 30.5. The van der Waals surface area contributed by atoms with Crippen LogP contribution in [0.15, 0.2) is 11.1 Å². The van der Waals surface area contributed by atoms with E-state index in [0.717, 1.165) is 0 Å². The van der Waals surface area contributed by atoms with Crippen molar-refractivity contribution in [3.8, 4) is 0 Å². The molecule has 4 atom stereocenters. The monoisotopic (exact) mass is 343 g/mol. The van der Waals surface area contributed by atoms with Crippen LogP contribution in [0.2, 0.25) is 0 Å². The second kappa shape index (κ2) is 5.76. The third-order valence-corrected chi connectivity index (χ3v) is 4.61. The Hall–Kier alpha value is -1.66. The third-order valence-electron chi connectivity index (χ3n) is 3.85. The Labute approximate surface area is 134 Å². The number of nitrogens with two attached hydrogens (primary N) is 1. The Kier molecular flexibility index (Phi) is 4.06. The summed E-state index contributed by atoms with van der Waals surface area (Å²) in [4.78, 5) is 22.2. The number of imidazole rings is 1. The summed E-state index contributed by atoms with van der Waals surface area (Å²) in [6.45, 7) is -0.461. The molecule has 10 nitrogen and oxygen atoms in total. The van der Waals surface area contributed by atoms with Crippen LogP contribution in [-0.2, 0) is 4.74 Å². The molecule has 11 heteroatoms. The number of rotatable bonds is 4. The minimum atomic E-state index is -1.68. The topological polar surface area (TPSA) is 160 Å². The van der Waals surface area contributed by atoms with E-state index in [1.165, 1.54) is 22.7 Å². The van der Waals surface area contributed by atoms with Crippen LogP contribution in [0, 0.1) is 0 Å². The van der Waals surface area contributed by atoms with E-state index in [9.17, 15) is 20.1 Å². The van der Waals surface area contributed by atoms with E-state index in [4.69, 9.17) is 10.5 Å². The largest absolute Gasteiger partial charge is 0.394 e. The van der Waals surface area contributed by atoms with Gasteiger partial charge in [-0.3, -0.25) is 14.3 Å². The van der Waals surface area contributed by atoms with Crippen LogP contribution in [0.4, 0.5) is 5.95 Å². The molecule has 0 aromatic carbocycles. The zero-order valence-corrected chi connectivity index (χ0v) is 13.0. The minimum Gasteiger partial charge on any atom is -0.394 e. The number of H-pyrrole nitrogens is 1. The lowest BCUT2D eigenvalue weighted by atomic mass is 9.96. The number of aliphatic hydroxyl groups excluding tert-OH is 2. The average molecular weight is 343 g/mol. The Morgan fingerprint density at radius 3 is 3.00 bits per heavy atom. The molecule has 2 aromatic heterocycles. The molecular weight excluding hydrogens is 326 g/mol. The fourth-order valence-corrected chi connectivity index (χ4v) is 3.55. The molecule has 0 aliphatic carbocycles. The lowest BCUT2D eigenvalue weighted by molar-refractivity contribution is -0.0918. The van der Waals surface area contributed by atoms with Gasteiger partial charge in [0.25, 0.3) is 5.56 Å². The number of nitrogen functional groups attached to an aromatic ring is 1. The fraction of sp³-hybridized carbons (Fsp3) is 0.583. The first-order valence-corrected chi connectivity index (χ1v) is 8.19. The molecule has 0 saturated carbocycles. The first kappa shape index (κ1) is 16.2. The van der Waals surface area contributed by atoms with Gasteiger partial charge in [-0.1, -0.05) is 0 Å². The Morgan fingerprint density at radius 1 is 1.61 bits per heavy atom. The highest BCUT2D eigenvalue weighted by Gasteiger charge is 2.56. The van der Waals surface area contributed by atoms with Crippen LogP contribution in [-0.4, -0.2) is 71.3 Å². The molecule has 126 valence electrons. The number of thioether (sulfide) groups is 1. The van der Waals surface area contributed by atoms with Crippen molar-refractivity contribution in [2.45, 2.75) is 24.0 Å². The maximum atomic E-state index is 11.9. The van der Waals surface area contributed by atoms with Crippen molar-refractivity contribution >= 4 is 28.9 Å². The van der Waals surface area contributed by atoms with Crippen molar-refractivity contribution < 1.29 is 20.1 Å². The van der Waals surface area contributed by atoms with Gasteiger partial charge >= 0.3 is 0 Å². The lowest BCUT2D eigenvalue weighted by Crippen LogP contribution is -2.49. The summed E-state index contributed by atoms with van der Waals surface area (Å²) in [6, 6.07) is 0. The highest BCUT2D eigenvalue weighted by Crippen LogP contribution is 2.41. The molecular formula is C12H17N5O5S. The fourth-order valence-electron chi connectivity index (χ4n) is 2.78. The highest BCUT2D eigenvalue weighted by atomic mass is 32.2. The van der Waals surface area contributed by atoms with E-state index >= 15 is 0 Å². The van der Waals surface area contributed by atoms with Crippen molar-refractivity contribution in [3.63, 3.8) is 0 Å². The zero-order valence-electron chi connectivity index (χ0n) is 12.2. The van der Waals surface area contributed by atoms with E-state index in [1.807, 2.05) is 0 Å². The molecule has 1 aliphatic rings. The second-order valence-corrected chi connectivity index (χ2v) is 6.22. The van der Waals surface area contributed by atoms with Crippen molar-refractivity contribution in [2.24, 2.45) is 0 Å². The van der Waals surface area contributed by atoms with Crippen LogP contribution >= 0.6 is 11.8 Å². The molecule has 3 heterocycles. The Morgan fingerprint density at radius 2 is 2.35 bits per heavy atom. The number of hydrogen-bond acceptors (Lipinski definition) is 9. The quantitative estimate of drug-likeness (QED) is 0.425. The number of anilines is 1. The number of aliphatic hydroxyl groups is 3. The highest BCUT2D eigenvalue weighted by molar-refractivity contribution is 7.98. The number of nitrogens with one attached hydrogen (secondary N) is 1. The molecule has 3 rings (SSSR count). The van der Waals surface area contributed by atoms with Gasteiger partial charge in [0.1, 0.15) is 17.8 Å². The first-order chi connectivity index (χ1) is 10.9. The van der Waals surface area contributed by atoms with E-state index < -0.39 is 36.2 Å². The maximum Gasteiger partial charge on any atom is 0.280 e. The first-order valence-electron chi connectivity index (χ1n) is 6.80. The summed E-state index contributed by atoms with van der Waals surface area (Å²) in [5.74, 6) is 0.0446. The standard InChI is InChI=1S/C12H17N5O5S/c1-23-3-12(21)7(19)5(2-18)22-10(12)17-4-14-6-8(17)15-11(13)16-9(6)20/h4-5,7,10,18-19,21H,2-3H2,1H3,(H3,13,15,16,20)/t5-,7-,10-,12-/m1/s1. The molecule has 1 aliphatic heterocycles. The van der Waals surface area contributed by atoms with Crippen molar-refractivity contribution in [3.05, 3.63) is 16.7 Å². The second-order valence-electron chi connectivity index (χ2n) is 5.35. The molecule has 0 spiro atoms. The Balaban J connectivity index is 2.14. The van der Waals surface area contributed by atoms with E-state index in [2.05, 4.69) is 15.0 Å². The minimum absolute atomic E-state index is 0.0382. The summed E-state index contributed by atoms with van der Waals surface area (Å²) in [7, 11) is 0. The van der Waals surface area contributed by atoms with Crippen molar-refractivity contribution in [1.29, 1.82) is 0 Å². The van der Waals surface area contributed by atoms with Gasteiger partial charge in [-0.25, -0.2) is 4.98 Å². The summed E-state index contributed by atoms with van der Waals surface area (Å²) in [6.07, 6.45) is -0.285. The summed E-state index contributed by atoms with van der Waals surface area (Å²) >= 11 is 1.31. The van der Waals surface area contributed by atoms with E-state index in [1.54, 1.807) is 6.26 Å². The van der Waals surface area contributed by atoms with Crippen LogP contribution in [0.3, 0.4) is 0 Å². The summed E-state index contributed by atoms with van der Waals surface area (Å²) in [5.41, 5.74) is 3.52. The van der Waals surface area contributed by atoms with Crippen LogP contribution < -0.4 is 11.3 Å². The number of ether oxygens (including phenoxy) is 1. The molecule has 0 bridgehead atoms. The average Bonchev–Trinajstić information content (AvgIpc) is 3.01. The SMILES string of the molecule is CSC[C@@]1(O)[C@H](O)[C@@H](CO)O[C@H]1n1cnc2c(=O)[nH]c(N)nc21. The van der Waals surface area contributed by atoms with Gasteiger partial charge in [0.2, 0.25) is 5.95 Å². The maximum absolute atomic E-state index is 11.9. The Bertz CT molecular complexity index is 779. The van der Waals surface area contributed by atoms with Crippen LogP contribution in [0.25, 0.3) is 11.2 Å². The van der Waals surface area contributed by atoms with E-state index in [0.29, 0.717) is 0 Å². The van der Waals surface area contributed by atoms with Crippen molar-refractivity contribution in [2.75, 3.05) is 24.3 Å². The van der Waals surface area contributed by atoms with Gasteiger partial charge in [0.05, 0.1) is 12.9 Å². The van der Waals surface area contributed by atoms with Crippen LogP contribution in [0.5, 0.6) is 0 Å². The molecule has 6 N–H and O–H groups in total. The zero-order chi connectivity index (χ0) is 16.8. The lowest BCUT2D eigenvalue weighted by Gasteiger charge is -2.30. The predicted octanol–water partition coefficient (Wildman–Crippen LogP) is -1.95. The van der Waals surface area contributed by atoms with Gasteiger partial charge in [-0.15, -0.1) is 0 Å². The normalized spacial score (nSPS) is 31.0. The number of fused-ring (bicyclic) bond motifs is 1. The third kappa shape index (κ3) is 2.40. The number of aromatic nitrogens is 4. The van der Waals surface area contributed by atoms with Crippen molar-refractivity contribution in [1.82, 2.24) is 19.5 Å².